The molecule has 0 saturated carbocycles. The van der Waals surface area contributed by atoms with Gasteiger partial charge in [0.05, 0.1) is 15.7 Å². The van der Waals surface area contributed by atoms with Crippen LogP contribution >= 0.6 is 0 Å². The van der Waals surface area contributed by atoms with Gasteiger partial charge in [-0.2, -0.15) is 0 Å². The number of benzene rings is 2. The molecule has 0 radical (unpaired) electrons. The van der Waals surface area contributed by atoms with Crippen LogP contribution in [0.3, 0.4) is 0 Å². The van der Waals surface area contributed by atoms with Crippen molar-refractivity contribution in [1.82, 2.24) is 5.32 Å². The van der Waals surface area contributed by atoms with E-state index in [-0.39, 0.29) is 16.3 Å². The molecule has 110 valence electrons. The second kappa shape index (κ2) is 6.99. The van der Waals surface area contributed by atoms with E-state index >= 15 is 0 Å². The molecule has 0 saturated heterocycles. The van der Waals surface area contributed by atoms with Crippen LogP contribution < -0.4 is 11.1 Å². The van der Waals surface area contributed by atoms with Crippen molar-refractivity contribution in [3.05, 3.63) is 59.9 Å². The summed E-state index contributed by atoms with van der Waals surface area (Å²) >= 11 is 0. The Kier molecular flexibility index (Phi) is 5.05. The van der Waals surface area contributed by atoms with Gasteiger partial charge in [0.15, 0.2) is 0 Å². The highest BCUT2D eigenvalue weighted by molar-refractivity contribution is 7.85. The summed E-state index contributed by atoms with van der Waals surface area (Å²) in [5, 5.41) is 2.65. The van der Waals surface area contributed by atoms with Crippen molar-refractivity contribution in [2.75, 3.05) is 11.5 Å². The Morgan fingerprint density at radius 1 is 1.19 bits per heavy atom. The van der Waals surface area contributed by atoms with E-state index in [1.807, 2.05) is 30.3 Å². The number of nitrogen functional groups attached to an aromatic ring is 1. The topological polar surface area (TPSA) is 72.2 Å². The quantitative estimate of drug-likeness (QED) is 0.828. The zero-order valence-corrected chi connectivity index (χ0v) is 12.0. The summed E-state index contributed by atoms with van der Waals surface area (Å²) in [7, 11) is -1.73. The van der Waals surface area contributed by atoms with Crippen LogP contribution in [0.1, 0.15) is 5.56 Å². The summed E-state index contributed by atoms with van der Waals surface area (Å²) in [6.45, 7) is 0.348. The Morgan fingerprint density at radius 3 is 2.57 bits per heavy atom. The number of carbonyl (C=O) groups excluding carboxylic acids is 1. The van der Waals surface area contributed by atoms with Crippen molar-refractivity contribution in [3.63, 3.8) is 0 Å². The van der Waals surface area contributed by atoms with E-state index in [1.54, 1.807) is 0 Å². The first-order valence-corrected chi connectivity index (χ1v) is 7.62. The molecule has 0 fully saturated rings. The number of amides is 1. The first-order chi connectivity index (χ1) is 10.1. The molecule has 2 aromatic carbocycles. The molecule has 0 aromatic heterocycles. The molecule has 6 heteroatoms. The highest BCUT2D eigenvalue weighted by Crippen LogP contribution is 2.15. The fraction of sp³-hybridized carbons (Fsp3) is 0.133. The number of nitrogens with one attached hydrogen (secondary N) is 1. The highest BCUT2D eigenvalue weighted by Gasteiger charge is 2.14. The van der Waals surface area contributed by atoms with Crippen LogP contribution in [0.4, 0.5) is 10.1 Å². The number of hydrogen-bond donors (Lipinski definition) is 2. The average molecular weight is 306 g/mol. The molecule has 0 aliphatic carbocycles. The van der Waals surface area contributed by atoms with E-state index in [0.29, 0.717) is 6.54 Å². The number of hydrogen-bond acceptors (Lipinski definition) is 3. The summed E-state index contributed by atoms with van der Waals surface area (Å²) in [4.78, 5) is 11.7. The lowest BCUT2D eigenvalue weighted by Crippen LogP contribution is -2.28. The van der Waals surface area contributed by atoms with E-state index in [9.17, 15) is 13.4 Å². The first-order valence-electron chi connectivity index (χ1n) is 6.30. The number of carbonyl (C=O) groups is 1. The van der Waals surface area contributed by atoms with Gasteiger partial charge in [-0.3, -0.25) is 9.00 Å². The van der Waals surface area contributed by atoms with Crippen molar-refractivity contribution in [2.45, 2.75) is 11.4 Å². The van der Waals surface area contributed by atoms with Gasteiger partial charge >= 0.3 is 0 Å². The lowest BCUT2D eigenvalue weighted by Gasteiger charge is -2.06. The van der Waals surface area contributed by atoms with Crippen molar-refractivity contribution < 1.29 is 13.4 Å². The van der Waals surface area contributed by atoms with Crippen molar-refractivity contribution >= 4 is 22.4 Å². The van der Waals surface area contributed by atoms with Gasteiger partial charge in [0.2, 0.25) is 5.91 Å². The molecule has 1 unspecified atom stereocenters. The Hall–Kier alpha value is -2.21. The molecule has 0 heterocycles. The van der Waals surface area contributed by atoms with Gasteiger partial charge in [0, 0.05) is 12.2 Å². The molecule has 1 atom stereocenters. The van der Waals surface area contributed by atoms with Gasteiger partial charge < -0.3 is 11.1 Å². The monoisotopic (exact) mass is 306 g/mol. The Bertz CT molecular complexity index is 662. The molecular weight excluding hydrogens is 291 g/mol. The molecular formula is C15H15FN2O2S. The standard InChI is InChI=1S/C15H15FN2O2S/c16-13-8-12(17)6-7-14(13)21(20)10-15(19)18-9-11-4-2-1-3-5-11/h1-8H,9-10,17H2,(H,18,19). The molecule has 0 aliphatic rings. The molecule has 21 heavy (non-hydrogen) atoms. The van der Waals surface area contributed by atoms with Crippen molar-refractivity contribution in [3.8, 4) is 0 Å². The molecule has 1 amide bonds. The minimum absolute atomic E-state index is 0.0148. The van der Waals surface area contributed by atoms with E-state index in [1.165, 1.54) is 12.1 Å². The highest BCUT2D eigenvalue weighted by atomic mass is 32.2. The van der Waals surface area contributed by atoms with Crippen molar-refractivity contribution in [2.24, 2.45) is 0 Å². The van der Waals surface area contributed by atoms with Crippen LogP contribution in [0.5, 0.6) is 0 Å². The van der Waals surface area contributed by atoms with Crippen LogP contribution in [0.2, 0.25) is 0 Å². The maximum absolute atomic E-state index is 13.6. The van der Waals surface area contributed by atoms with Crippen LogP contribution in [0.25, 0.3) is 0 Å². The summed E-state index contributed by atoms with van der Waals surface area (Å²) in [6.07, 6.45) is 0. The predicted octanol–water partition coefficient (Wildman–Crippen LogP) is 1.83. The van der Waals surface area contributed by atoms with Crippen LogP contribution in [0, 0.1) is 5.82 Å². The molecule has 2 aromatic rings. The molecule has 2 rings (SSSR count). The Morgan fingerprint density at radius 2 is 1.90 bits per heavy atom. The third kappa shape index (κ3) is 4.39. The second-order valence-corrected chi connectivity index (χ2v) is 5.86. The van der Waals surface area contributed by atoms with Gasteiger partial charge in [-0.25, -0.2) is 4.39 Å². The summed E-state index contributed by atoms with van der Waals surface area (Å²) in [6, 6.07) is 13.2. The Labute approximate surface area is 124 Å². The lowest BCUT2D eigenvalue weighted by atomic mass is 10.2. The maximum atomic E-state index is 13.6. The fourth-order valence-corrected chi connectivity index (χ4v) is 2.74. The number of rotatable bonds is 5. The molecule has 0 bridgehead atoms. The van der Waals surface area contributed by atoms with Gasteiger partial charge in [-0.15, -0.1) is 0 Å². The zero-order valence-electron chi connectivity index (χ0n) is 11.2. The zero-order chi connectivity index (χ0) is 15.2. The van der Waals surface area contributed by atoms with Crippen LogP contribution in [-0.2, 0) is 22.1 Å². The van der Waals surface area contributed by atoms with E-state index in [4.69, 9.17) is 5.73 Å². The van der Waals surface area contributed by atoms with E-state index in [2.05, 4.69) is 5.32 Å². The number of anilines is 1. The van der Waals surface area contributed by atoms with Gasteiger partial charge in [0.1, 0.15) is 11.6 Å². The smallest absolute Gasteiger partial charge is 0.233 e. The van der Waals surface area contributed by atoms with Crippen LogP contribution in [-0.4, -0.2) is 15.9 Å². The summed E-state index contributed by atoms with van der Waals surface area (Å²) in [5.74, 6) is -1.34. The summed E-state index contributed by atoms with van der Waals surface area (Å²) in [5.41, 5.74) is 6.61. The number of nitrogens with two attached hydrogens (primary N) is 1. The van der Waals surface area contributed by atoms with Gasteiger partial charge in [-0.05, 0) is 23.8 Å². The van der Waals surface area contributed by atoms with Crippen molar-refractivity contribution in [1.29, 1.82) is 0 Å². The lowest BCUT2D eigenvalue weighted by molar-refractivity contribution is -0.118. The third-order valence-corrected chi connectivity index (χ3v) is 4.14. The molecule has 0 aliphatic heterocycles. The first kappa shape index (κ1) is 15.2. The predicted molar refractivity (Wildman–Crippen MR) is 80.4 cm³/mol. The fourth-order valence-electron chi connectivity index (χ4n) is 1.75. The minimum atomic E-state index is -1.73. The van der Waals surface area contributed by atoms with E-state index in [0.717, 1.165) is 11.6 Å². The third-order valence-electron chi connectivity index (χ3n) is 2.80. The molecule has 0 spiro atoms. The average Bonchev–Trinajstić information content (AvgIpc) is 2.46. The molecule has 4 nitrogen and oxygen atoms in total. The Balaban J connectivity index is 1.91. The largest absolute Gasteiger partial charge is 0.399 e. The second-order valence-electron chi connectivity index (χ2n) is 4.44. The SMILES string of the molecule is Nc1ccc(S(=O)CC(=O)NCc2ccccc2)c(F)c1. The van der Waals surface area contributed by atoms with Gasteiger partial charge in [0.25, 0.3) is 0 Å². The minimum Gasteiger partial charge on any atom is -0.399 e. The summed E-state index contributed by atoms with van der Waals surface area (Å²) < 4.78 is 25.6. The molecule has 3 N–H and O–H groups in total. The van der Waals surface area contributed by atoms with E-state index < -0.39 is 22.5 Å². The van der Waals surface area contributed by atoms with Gasteiger partial charge in [-0.1, -0.05) is 30.3 Å². The maximum Gasteiger partial charge on any atom is 0.233 e. The normalized spacial score (nSPS) is 11.9. The number of halogens is 1. The van der Waals surface area contributed by atoms with Crippen LogP contribution in [0.15, 0.2) is 53.4 Å².